The number of benzene rings is 1. The van der Waals surface area contributed by atoms with E-state index in [4.69, 9.17) is 4.74 Å². The summed E-state index contributed by atoms with van der Waals surface area (Å²) in [5.41, 5.74) is 1.36. The molecule has 0 amide bonds. The highest BCUT2D eigenvalue weighted by Crippen LogP contribution is 2.33. The standard InChI is InChI=1S/C17H26BrNO/c1-3-19-16(10-8-13-6-4-5-7-13)14-9-11-17(20-2)15(18)12-14/h9,11-13,16,19H,3-8,10H2,1-2H3. The molecule has 1 fully saturated rings. The van der Waals surface area contributed by atoms with Gasteiger partial charge in [0.15, 0.2) is 0 Å². The van der Waals surface area contributed by atoms with Gasteiger partial charge in [-0.2, -0.15) is 0 Å². The van der Waals surface area contributed by atoms with Gasteiger partial charge < -0.3 is 10.1 Å². The molecular formula is C17H26BrNO. The first kappa shape index (κ1) is 15.8. The second-order valence-electron chi connectivity index (χ2n) is 5.73. The van der Waals surface area contributed by atoms with Gasteiger partial charge in [0.25, 0.3) is 0 Å². The maximum atomic E-state index is 5.31. The molecule has 1 aromatic rings. The maximum Gasteiger partial charge on any atom is 0.133 e. The number of rotatable bonds is 7. The fourth-order valence-corrected chi connectivity index (χ4v) is 3.79. The number of halogens is 1. The smallest absolute Gasteiger partial charge is 0.133 e. The van der Waals surface area contributed by atoms with Crippen molar-refractivity contribution in [2.75, 3.05) is 13.7 Å². The summed E-state index contributed by atoms with van der Waals surface area (Å²) in [6.07, 6.45) is 8.32. The van der Waals surface area contributed by atoms with Gasteiger partial charge in [-0.1, -0.05) is 38.7 Å². The van der Waals surface area contributed by atoms with E-state index >= 15 is 0 Å². The average Bonchev–Trinajstić information content (AvgIpc) is 2.96. The monoisotopic (exact) mass is 339 g/mol. The molecule has 3 heteroatoms. The Balaban J connectivity index is 2.00. The SMILES string of the molecule is CCNC(CCC1CCCC1)c1ccc(OC)c(Br)c1. The molecule has 0 radical (unpaired) electrons. The Hall–Kier alpha value is -0.540. The summed E-state index contributed by atoms with van der Waals surface area (Å²) in [6.45, 7) is 3.19. The van der Waals surface area contributed by atoms with E-state index in [1.807, 2.05) is 0 Å². The molecule has 1 N–H and O–H groups in total. The summed E-state index contributed by atoms with van der Waals surface area (Å²) in [5.74, 6) is 1.86. The summed E-state index contributed by atoms with van der Waals surface area (Å²) in [6, 6.07) is 6.90. The van der Waals surface area contributed by atoms with Crippen LogP contribution in [0.4, 0.5) is 0 Å². The molecule has 0 saturated heterocycles. The second kappa shape index (κ2) is 8.04. The first-order chi connectivity index (χ1) is 9.74. The summed E-state index contributed by atoms with van der Waals surface area (Å²) in [5, 5.41) is 3.63. The molecular weight excluding hydrogens is 314 g/mol. The summed E-state index contributed by atoms with van der Waals surface area (Å²) >= 11 is 3.59. The predicted octanol–water partition coefficient (Wildman–Crippen LogP) is 5.08. The van der Waals surface area contributed by atoms with Crippen LogP contribution in [-0.2, 0) is 0 Å². The fraction of sp³-hybridized carbons (Fsp3) is 0.647. The fourth-order valence-electron chi connectivity index (χ4n) is 3.23. The zero-order valence-electron chi connectivity index (χ0n) is 12.6. The number of methoxy groups -OCH3 is 1. The molecule has 0 aliphatic heterocycles. The number of hydrogen-bond acceptors (Lipinski definition) is 2. The minimum Gasteiger partial charge on any atom is -0.496 e. The van der Waals surface area contributed by atoms with Crippen molar-refractivity contribution in [3.63, 3.8) is 0 Å². The van der Waals surface area contributed by atoms with E-state index in [1.54, 1.807) is 7.11 Å². The van der Waals surface area contributed by atoms with Crippen LogP contribution in [0.25, 0.3) is 0 Å². The van der Waals surface area contributed by atoms with E-state index in [2.05, 4.69) is 46.4 Å². The van der Waals surface area contributed by atoms with Crippen LogP contribution in [-0.4, -0.2) is 13.7 Å². The van der Waals surface area contributed by atoms with Crippen LogP contribution in [0, 0.1) is 5.92 Å². The molecule has 2 nitrogen and oxygen atoms in total. The third-order valence-corrected chi connectivity index (χ3v) is 4.99. The van der Waals surface area contributed by atoms with Crippen molar-refractivity contribution in [2.24, 2.45) is 5.92 Å². The van der Waals surface area contributed by atoms with Crippen molar-refractivity contribution in [1.29, 1.82) is 0 Å². The average molecular weight is 340 g/mol. The van der Waals surface area contributed by atoms with E-state index in [-0.39, 0.29) is 0 Å². The van der Waals surface area contributed by atoms with Crippen LogP contribution in [0.3, 0.4) is 0 Å². The zero-order valence-corrected chi connectivity index (χ0v) is 14.2. The van der Waals surface area contributed by atoms with Gasteiger partial charge in [0.05, 0.1) is 11.6 Å². The van der Waals surface area contributed by atoms with E-state index in [0.717, 1.165) is 22.7 Å². The lowest BCUT2D eigenvalue weighted by molar-refractivity contribution is 0.407. The van der Waals surface area contributed by atoms with Crippen LogP contribution in [0.2, 0.25) is 0 Å². The summed E-state index contributed by atoms with van der Waals surface area (Å²) in [7, 11) is 1.71. The first-order valence-corrected chi connectivity index (χ1v) is 8.60. The molecule has 1 aliphatic carbocycles. The van der Waals surface area contributed by atoms with Crippen LogP contribution in [0.5, 0.6) is 5.75 Å². The van der Waals surface area contributed by atoms with Crippen LogP contribution in [0.1, 0.15) is 57.1 Å². The second-order valence-corrected chi connectivity index (χ2v) is 6.59. The molecule has 20 heavy (non-hydrogen) atoms. The van der Waals surface area contributed by atoms with E-state index < -0.39 is 0 Å². The Morgan fingerprint density at radius 1 is 1.35 bits per heavy atom. The topological polar surface area (TPSA) is 21.3 Å². The minimum atomic E-state index is 0.461. The molecule has 1 atom stereocenters. The Kier molecular flexibility index (Phi) is 6.37. The number of nitrogens with one attached hydrogen (secondary N) is 1. The molecule has 1 unspecified atom stereocenters. The van der Waals surface area contributed by atoms with Gasteiger partial charge in [-0.3, -0.25) is 0 Å². The highest BCUT2D eigenvalue weighted by Gasteiger charge is 2.18. The quantitative estimate of drug-likeness (QED) is 0.747. The Labute approximate surface area is 131 Å². The lowest BCUT2D eigenvalue weighted by atomic mass is 9.94. The molecule has 0 heterocycles. The molecule has 0 bridgehead atoms. The van der Waals surface area contributed by atoms with Crippen LogP contribution >= 0.6 is 15.9 Å². The third kappa shape index (κ3) is 4.23. The van der Waals surface area contributed by atoms with Gasteiger partial charge in [0.1, 0.15) is 5.75 Å². The molecule has 1 aliphatic rings. The lowest BCUT2D eigenvalue weighted by Gasteiger charge is -2.21. The Morgan fingerprint density at radius 3 is 2.70 bits per heavy atom. The van der Waals surface area contributed by atoms with Gasteiger partial charge in [0.2, 0.25) is 0 Å². The van der Waals surface area contributed by atoms with E-state index in [0.29, 0.717) is 6.04 Å². The van der Waals surface area contributed by atoms with E-state index in [1.165, 1.54) is 44.1 Å². The van der Waals surface area contributed by atoms with Crippen molar-refractivity contribution < 1.29 is 4.74 Å². The van der Waals surface area contributed by atoms with Crippen molar-refractivity contribution in [3.05, 3.63) is 28.2 Å². The molecule has 1 aromatic carbocycles. The van der Waals surface area contributed by atoms with Crippen molar-refractivity contribution in [1.82, 2.24) is 5.32 Å². The van der Waals surface area contributed by atoms with E-state index in [9.17, 15) is 0 Å². The molecule has 112 valence electrons. The highest BCUT2D eigenvalue weighted by atomic mass is 79.9. The van der Waals surface area contributed by atoms with Crippen molar-refractivity contribution in [3.8, 4) is 5.75 Å². The Morgan fingerprint density at radius 2 is 2.10 bits per heavy atom. The zero-order chi connectivity index (χ0) is 14.4. The maximum absolute atomic E-state index is 5.31. The van der Waals surface area contributed by atoms with Crippen LogP contribution < -0.4 is 10.1 Å². The first-order valence-electron chi connectivity index (χ1n) is 7.81. The highest BCUT2D eigenvalue weighted by molar-refractivity contribution is 9.10. The van der Waals surface area contributed by atoms with Crippen LogP contribution in [0.15, 0.2) is 22.7 Å². The van der Waals surface area contributed by atoms with Gasteiger partial charge in [-0.05, 0) is 58.9 Å². The van der Waals surface area contributed by atoms with Gasteiger partial charge in [-0.15, -0.1) is 0 Å². The lowest BCUT2D eigenvalue weighted by Crippen LogP contribution is -2.21. The summed E-state index contributed by atoms with van der Waals surface area (Å²) in [4.78, 5) is 0. The van der Waals surface area contributed by atoms with Crippen molar-refractivity contribution in [2.45, 2.75) is 51.5 Å². The molecule has 0 aromatic heterocycles. The molecule has 1 saturated carbocycles. The predicted molar refractivity (Wildman–Crippen MR) is 88.3 cm³/mol. The molecule has 0 spiro atoms. The van der Waals surface area contributed by atoms with Crippen molar-refractivity contribution >= 4 is 15.9 Å². The minimum absolute atomic E-state index is 0.461. The van der Waals surface area contributed by atoms with Gasteiger partial charge >= 0.3 is 0 Å². The third-order valence-electron chi connectivity index (χ3n) is 4.37. The van der Waals surface area contributed by atoms with Gasteiger partial charge in [0, 0.05) is 6.04 Å². The largest absolute Gasteiger partial charge is 0.496 e. The normalized spacial score (nSPS) is 17.4. The summed E-state index contributed by atoms with van der Waals surface area (Å²) < 4.78 is 6.36. The molecule has 2 rings (SSSR count). The number of hydrogen-bond donors (Lipinski definition) is 1. The van der Waals surface area contributed by atoms with Gasteiger partial charge in [-0.25, -0.2) is 0 Å². The Bertz CT molecular complexity index is 415. The number of ether oxygens (including phenoxy) is 1.